The number of phenolic OH excluding ortho intramolecular Hbond substituents is 1. The zero-order chi connectivity index (χ0) is 18.1. The molecule has 0 spiro atoms. The lowest BCUT2D eigenvalue weighted by molar-refractivity contribution is -0.924. The fourth-order valence-electron chi connectivity index (χ4n) is 3.11. The minimum atomic E-state index is 0.204. The molecule has 134 valence electrons. The molecule has 7 nitrogen and oxygen atoms in total. The quantitative estimate of drug-likeness (QED) is 0.727. The first-order valence-electron chi connectivity index (χ1n) is 8.50. The number of fused-ring (bicyclic) bond motifs is 1. The average Bonchev–Trinajstić information content (AvgIpc) is 3.33. The first-order valence-corrected chi connectivity index (χ1v) is 8.50. The van der Waals surface area contributed by atoms with E-state index in [1.54, 1.807) is 17.1 Å². The van der Waals surface area contributed by atoms with Gasteiger partial charge in [-0.2, -0.15) is 5.10 Å². The van der Waals surface area contributed by atoms with Crippen molar-refractivity contribution in [2.75, 3.05) is 13.8 Å². The van der Waals surface area contributed by atoms with Crippen LogP contribution in [0, 0.1) is 0 Å². The van der Waals surface area contributed by atoms with Crippen LogP contribution in [0.2, 0.25) is 0 Å². The van der Waals surface area contributed by atoms with Crippen LogP contribution in [-0.4, -0.2) is 33.7 Å². The van der Waals surface area contributed by atoms with Gasteiger partial charge in [0, 0.05) is 11.6 Å². The van der Waals surface area contributed by atoms with Gasteiger partial charge in [-0.3, -0.25) is 0 Å². The van der Waals surface area contributed by atoms with Crippen molar-refractivity contribution in [1.82, 2.24) is 14.8 Å². The maximum atomic E-state index is 10.3. The molecule has 0 amide bonds. The lowest BCUT2D eigenvalue weighted by Crippen LogP contribution is -3.07. The van der Waals surface area contributed by atoms with Crippen molar-refractivity contribution in [2.24, 2.45) is 0 Å². The molecule has 2 N–H and O–H groups in total. The van der Waals surface area contributed by atoms with E-state index in [1.165, 1.54) is 16.8 Å². The third-order valence-electron chi connectivity index (χ3n) is 4.86. The lowest BCUT2D eigenvalue weighted by atomic mass is 10.1. The van der Waals surface area contributed by atoms with E-state index in [9.17, 15) is 5.11 Å². The highest BCUT2D eigenvalue weighted by Gasteiger charge is 2.21. The van der Waals surface area contributed by atoms with Gasteiger partial charge < -0.3 is 19.5 Å². The SMILES string of the molecule is C[C@@H](c1ccc(-n2cncn2)cc1)[NH+](C)Cc1cc2c(cc1O)OCO2. The Balaban J connectivity index is 1.49. The summed E-state index contributed by atoms with van der Waals surface area (Å²) in [6.07, 6.45) is 3.20. The number of hydrogen-bond acceptors (Lipinski definition) is 5. The molecule has 3 aromatic rings. The monoisotopic (exact) mass is 353 g/mol. The molecule has 2 atom stereocenters. The number of rotatable bonds is 5. The number of nitrogens with one attached hydrogen (secondary N) is 1. The van der Waals surface area contributed by atoms with E-state index in [1.807, 2.05) is 18.2 Å². The summed E-state index contributed by atoms with van der Waals surface area (Å²) in [5.74, 6) is 1.53. The zero-order valence-corrected chi connectivity index (χ0v) is 14.7. The van der Waals surface area contributed by atoms with Crippen LogP contribution >= 0.6 is 0 Å². The van der Waals surface area contributed by atoms with Crippen LogP contribution < -0.4 is 14.4 Å². The molecule has 0 radical (unpaired) electrons. The second kappa shape index (κ2) is 6.68. The standard InChI is InChI=1S/C19H20N4O3/c1-13(14-3-5-16(6-4-14)23-11-20-10-21-23)22(2)9-15-7-18-19(8-17(15)24)26-12-25-18/h3-8,10-11,13,24H,9,12H2,1-2H3/p+1/t13-/m0/s1. The van der Waals surface area contributed by atoms with E-state index in [4.69, 9.17) is 9.47 Å². The van der Waals surface area contributed by atoms with Gasteiger partial charge in [0.2, 0.25) is 6.79 Å². The minimum absolute atomic E-state index is 0.204. The highest BCUT2D eigenvalue weighted by atomic mass is 16.7. The number of nitrogens with zero attached hydrogens (tertiary/aromatic N) is 3. The van der Waals surface area contributed by atoms with E-state index in [0.29, 0.717) is 18.0 Å². The molecule has 26 heavy (non-hydrogen) atoms. The number of hydrogen-bond donors (Lipinski definition) is 2. The molecule has 0 saturated heterocycles. The van der Waals surface area contributed by atoms with Gasteiger partial charge >= 0.3 is 0 Å². The summed E-state index contributed by atoms with van der Waals surface area (Å²) in [7, 11) is 2.11. The summed E-state index contributed by atoms with van der Waals surface area (Å²) in [4.78, 5) is 5.23. The van der Waals surface area contributed by atoms with Gasteiger partial charge in [0.25, 0.3) is 0 Å². The number of phenols is 1. The molecule has 2 aromatic carbocycles. The molecule has 0 saturated carbocycles. The number of ether oxygens (including phenoxy) is 2. The number of quaternary nitrogens is 1. The Morgan fingerprint density at radius 3 is 2.62 bits per heavy atom. The highest BCUT2D eigenvalue weighted by Crippen LogP contribution is 2.37. The Bertz CT molecular complexity index is 894. The maximum absolute atomic E-state index is 10.3. The van der Waals surface area contributed by atoms with Crippen molar-refractivity contribution < 1.29 is 19.5 Å². The Morgan fingerprint density at radius 2 is 1.92 bits per heavy atom. The molecule has 1 unspecified atom stereocenters. The second-order valence-corrected chi connectivity index (χ2v) is 6.51. The molecule has 0 fully saturated rings. The second-order valence-electron chi connectivity index (χ2n) is 6.51. The Morgan fingerprint density at radius 1 is 1.19 bits per heavy atom. The maximum Gasteiger partial charge on any atom is 0.231 e. The Hall–Kier alpha value is -3.06. The van der Waals surface area contributed by atoms with Crippen molar-refractivity contribution in [3.63, 3.8) is 0 Å². The number of aromatic hydroxyl groups is 1. The van der Waals surface area contributed by atoms with E-state index in [-0.39, 0.29) is 18.6 Å². The first-order chi connectivity index (χ1) is 12.6. The summed E-state index contributed by atoms with van der Waals surface area (Å²) in [6, 6.07) is 12.0. The summed E-state index contributed by atoms with van der Waals surface area (Å²) in [6.45, 7) is 3.05. The van der Waals surface area contributed by atoms with Crippen LogP contribution in [0.5, 0.6) is 17.2 Å². The molecule has 1 aliphatic heterocycles. The van der Waals surface area contributed by atoms with E-state index in [2.05, 4.69) is 36.2 Å². The van der Waals surface area contributed by atoms with Crippen LogP contribution in [0.4, 0.5) is 0 Å². The van der Waals surface area contributed by atoms with Gasteiger partial charge in [0.15, 0.2) is 11.5 Å². The summed E-state index contributed by atoms with van der Waals surface area (Å²) in [5.41, 5.74) is 3.04. The van der Waals surface area contributed by atoms with Crippen molar-refractivity contribution in [1.29, 1.82) is 0 Å². The first kappa shape index (κ1) is 16.4. The third kappa shape index (κ3) is 3.09. The molecular weight excluding hydrogens is 332 g/mol. The third-order valence-corrected chi connectivity index (χ3v) is 4.86. The number of aromatic nitrogens is 3. The zero-order valence-electron chi connectivity index (χ0n) is 14.7. The molecule has 1 aliphatic rings. The molecule has 1 aromatic heterocycles. The van der Waals surface area contributed by atoms with E-state index >= 15 is 0 Å². The van der Waals surface area contributed by atoms with E-state index < -0.39 is 0 Å². The van der Waals surface area contributed by atoms with Crippen LogP contribution in [0.1, 0.15) is 24.1 Å². The average molecular weight is 353 g/mol. The molecule has 4 rings (SSSR count). The molecular formula is C19H21N4O3+. The van der Waals surface area contributed by atoms with Gasteiger partial charge in [0.1, 0.15) is 31.0 Å². The summed E-state index contributed by atoms with van der Waals surface area (Å²) < 4.78 is 12.4. The highest BCUT2D eigenvalue weighted by molar-refractivity contribution is 5.51. The van der Waals surface area contributed by atoms with Gasteiger partial charge in [-0.15, -0.1) is 0 Å². The van der Waals surface area contributed by atoms with Crippen molar-refractivity contribution in [3.05, 3.63) is 60.2 Å². The minimum Gasteiger partial charge on any atom is -0.507 e. The van der Waals surface area contributed by atoms with Crippen molar-refractivity contribution in [3.8, 4) is 22.9 Å². The molecule has 0 aliphatic carbocycles. The summed E-state index contributed by atoms with van der Waals surface area (Å²) >= 11 is 0. The Kier molecular flexibility index (Phi) is 4.22. The number of benzene rings is 2. The smallest absolute Gasteiger partial charge is 0.231 e. The Labute approximate surface area is 151 Å². The van der Waals surface area contributed by atoms with Gasteiger partial charge in [-0.05, 0) is 25.1 Å². The lowest BCUT2D eigenvalue weighted by Gasteiger charge is -2.23. The summed E-state index contributed by atoms with van der Waals surface area (Å²) in [5, 5.41) is 14.4. The normalized spacial score (nSPS) is 15.0. The largest absolute Gasteiger partial charge is 0.507 e. The van der Waals surface area contributed by atoms with Crippen LogP contribution in [0.3, 0.4) is 0 Å². The predicted octanol–water partition coefficient (Wildman–Crippen LogP) is 1.48. The van der Waals surface area contributed by atoms with E-state index in [0.717, 1.165) is 11.3 Å². The topological polar surface area (TPSA) is 73.8 Å². The predicted molar refractivity (Wildman–Crippen MR) is 94.6 cm³/mol. The van der Waals surface area contributed by atoms with Gasteiger partial charge in [-0.25, -0.2) is 9.67 Å². The van der Waals surface area contributed by atoms with Gasteiger partial charge in [0.05, 0.1) is 18.3 Å². The van der Waals surface area contributed by atoms with Crippen molar-refractivity contribution >= 4 is 0 Å². The molecule has 7 heteroatoms. The molecule has 2 heterocycles. The van der Waals surface area contributed by atoms with Crippen LogP contribution in [-0.2, 0) is 6.54 Å². The fourth-order valence-corrected chi connectivity index (χ4v) is 3.11. The molecule has 0 bridgehead atoms. The van der Waals surface area contributed by atoms with Gasteiger partial charge in [-0.1, -0.05) is 12.1 Å². The van der Waals surface area contributed by atoms with Crippen molar-refractivity contribution in [2.45, 2.75) is 19.5 Å². The van der Waals surface area contributed by atoms with Crippen LogP contribution in [0.15, 0.2) is 49.1 Å². The fraction of sp³-hybridized carbons (Fsp3) is 0.263. The van der Waals surface area contributed by atoms with Crippen LogP contribution in [0.25, 0.3) is 5.69 Å².